The van der Waals surface area contributed by atoms with Gasteiger partial charge in [-0.1, -0.05) is 46.8 Å². The maximum Gasteiger partial charge on any atom is -0.00953 e. The van der Waals surface area contributed by atoms with Crippen LogP contribution in [0.4, 0.5) is 0 Å². The van der Waals surface area contributed by atoms with Crippen molar-refractivity contribution in [1.82, 2.24) is 0 Å². The van der Waals surface area contributed by atoms with Gasteiger partial charge in [0.2, 0.25) is 0 Å². The Morgan fingerprint density at radius 1 is 1.62 bits per heavy atom. The Kier molecular flexibility index (Phi) is 4.67. The molecule has 0 aliphatic carbocycles. The van der Waals surface area contributed by atoms with Crippen LogP contribution in [0.3, 0.4) is 0 Å². The standard InChI is InChI=1S/C7H9Br/c1-3-7(2)5-4-6-8/h3-4,6H,1-2,5H2. The van der Waals surface area contributed by atoms with Gasteiger partial charge in [0.05, 0.1) is 0 Å². The zero-order valence-electron chi connectivity index (χ0n) is 4.73. The van der Waals surface area contributed by atoms with Crippen molar-refractivity contribution in [2.45, 2.75) is 6.42 Å². The molecule has 0 heterocycles. The Balaban J connectivity index is 3.39. The van der Waals surface area contributed by atoms with Crippen LogP contribution in [-0.4, -0.2) is 0 Å². The van der Waals surface area contributed by atoms with Crippen molar-refractivity contribution >= 4 is 15.9 Å². The molecule has 0 spiro atoms. The van der Waals surface area contributed by atoms with Crippen molar-refractivity contribution in [3.05, 3.63) is 35.9 Å². The highest BCUT2D eigenvalue weighted by atomic mass is 79.9. The molecule has 0 radical (unpaired) electrons. The van der Waals surface area contributed by atoms with Gasteiger partial charge in [-0.05, 0) is 11.4 Å². The predicted molar refractivity (Wildman–Crippen MR) is 42.0 cm³/mol. The monoisotopic (exact) mass is 172 g/mol. The highest BCUT2D eigenvalue weighted by Gasteiger charge is 1.77. The van der Waals surface area contributed by atoms with Crippen molar-refractivity contribution < 1.29 is 0 Å². The van der Waals surface area contributed by atoms with E-state index in [9.17, 15) is 0 Å². The second-order valence-corrected chi connectivity index (χ2v) is 1.96. The van der Waals surface area contributed by atoms with Crippen LogP contribution in [0.1, 0.15) is 6.42 Å². The molecule has 0 nitrogen and oxygen atoms in total. The van der Waals surface area contributed by atoms with Gasteiger partial charge >= 0.3 is 0 Å². The topological polar surface area (TPSA) is 0 Å². The highest BCUT2D eigenvalue weighted by Crippen LogP contribution is 1.99. The number of allylic oxidation sites excluding steroid dienone is 3. The van der Waals surface area contributed by atoms with Crippen LogP contribution in [0, 0.1) is 0 Å². The van der Waals surface area contributed by atoms with Crippen molar-refractivity contribution in [1.29, 1.82) is 0 Å². The molecule has 8 heavy (non-hydrogen) atoms. The van der Waals surface area contributed by atoms with Crippen molar-refractivity contribution in [2.24, 2.45) is 0 Å². The molecule has 0 aliphatic heterocycles. The van der Waals surface area contributed by atoms with E-state index in [1.54, 1.807) is 6.08 Å². The van der Waals surface area contributed by atoms with E-state index in [0.717, 1.165) is 12.0 Å². The average molecular weight is 173 g/mol. The van der Waals surface area contributed by atoms with Gasteiger partial charge in [0, 0.05) is 0 Å². The van der Waals surface area contributed by atoms with E-state index >= 15 is 0 Å². The van der Waals surface area contributed by atoms with Crippen LogP contribution >= 0.6 is 15.9 Å². The zero-order chi connectivity index (χ0) is 6.41. The first-order valence-corrected chi connectivity index (χ1v) is 3.28. The lowest BCUT2D eigenvalue weighted by Crippen LogP contribution is -1.66. The van der Waals surface area contributed by atoms with E-state index in [1.807, 2.05) is 11.1 Å². The minimum Gasteiger partial charge on any atom is -0.0988 e. The van der Waals surface area contributed by atoms with Gasteiger partial charge in [-0.3, -0.25) is 0 Å². The Morgan fingerprint density at radius 2 is 2.25 bits per heavy atom. The quantitative estimate of drug-likeness (QED) is 0.575. The molecular weight excluding hydrogens is 164 g/mol. The number of halogens is 1. The molecule has 0 fully saturated rings. The molecule has 0 saturated heterocycles. The molecule has 0 aromatic carbocycles. The second kappa shape index (κ2) is 4.85. The first kappa shape index (κ1) is 7.70. The molecule has 0 aromatic rings. The lowest BCUT2D eigenvalue weighted by atomic mass is 10.2. The molecule has 0 bridgehead atoms. The van der Waals surface area contributed by atoms with Gasteiger partial charge in [0.1, 0.15) is 0 Å². The zero-order valence-corrected chi connectivity index (χ0v) is 6.32. The Hall–Kier alpha value is -0.300. The smallest absolute Gasteiger partial charge is 0.00953 e. The maximum atomic E-state index is 3.72. The van der Waals surface area contributed by atoms with E-state index < -0.39 is 0 Å². The Bertz CT molecular complexity index is 112. The molecule has 0 atom stereocenters. The molecule has 44 valence electrons. The number of rotatable bonds is 3. The van der Waals surface area contributed by atoms with Crippen molar-refractivity contribution in [2.75, 3.05) is 0 Å². The molecule has 1 heteroatoms. The van der Waals surface area contributed by atoms with Gasteiger partial charge in [-0.25, -0.2) is 0 Å². The molecule has 0 rings (SSSR count). The molecular formula is C7H9Br. The second-order valence-electron chi connectivity index (χ2n) is 1.43. The van der Waals surface area contributed by atoms with Crippen molar-refractivity contribution in [3.63, 3.8) is 0 Å². The minimum absolute atomic E-state index is 0.884. The van der Waals surface area contributed by atoms with Crippen LogP contribution in [-0.2, 0) is 0 Å². The summed E-state index contributed by atoms with van der Waals surface area (Å²) in [6, 6.07) is 0. The number of hydrogen-bond acceptors (Lipinski definition) is 0. The summed E-state index contributed by atoms with van der Waals surface area (Å²) in [5, 5.41) is 0. The van der Waals surface area contributed by atoms with Gasteiger partial charge < -0.3 is 0 Å². The molecule has 0 unspecified atom stereocenters. The first-order valence-electron chi connectivity index (χ1n) is 2.36. The Labute approximate surface area is 58.7 Å². The van der Waals surface area contributed by atoms with E-state index in [2.05, 4.69) is 29.1 Å². The third-order valence-electron chi connectivity index (χ3n) is 0.758. The van der Waals surface area contributed by atoms with Gasteiger partial charge in [0.25, 0.3) is 0 Å². The summed E-state index contributed by atoms with van der Waals surface area (Å²) in [6.45, 7) is 7.29. The van der Waals surface area contributed by atoms with E-state index in [4.69, 9.17) is 0 Å². The van der Waals surface area contributed by atoms with Crippen LogP contribution < -0.4 is 0 Å². The lowest BCUT2D eigenvalue weighted by Gasteiger charge is -1.87. The van der Waals surface area contributed by atoms with E-state index in [-0.39, 0.29) is 0 Å². The Morgan fingerprint density at radius 3 is 2.62 bits per heavy atom. The normalized spacial score (nSPS) is 9.62. The summed E-state index contributed by atoms with van der Waals surface area (Å²) in [5.74, 6) is 0. The summed E-state index contributed by atoms with van der Waals surface area (Å²) in [4.78, 5) is 1.82. The molecule has 0 aliphatic rings. The lowest BCUT2D eigenvalue weighted by molar-refractivity contribution is 1.31. The summed E-state index contributed by atoms with van der Waals surface area (Å²) >= 11 is 3.15. The van der Waals surface area contributed by atoms with Gasteiger partial charge in [-0.15, -0.1) is 0 Å². The fourth-order valence-corrected chi connectivity index (χ4v) is 0.466. The average Bonchev–Trinajstić information content (AvgIpc) is 1.83. The molecule has 0 amide bonds. The maximum absolute atomic E-state index is 3.72. The largest absolute Gasteiger partial charge is 0.0988 e. The van der Waals surface area contributed by atoms with E-state index in [0.29, 0.717) is 0 Å². The number of hydrogen-bond donors (Lipinski definition) is 0. The van der Waals surface area contributed by atoms with Crippen molar-refractivity contribution in [3.8, 4) is 0 Å². The summed E-state index contributed by atoms with van der Waals surface area (Å²) in [6.07, 6.45) is 4.62. The summed E-state index contributed by atoms with van der Waals surface area (Å²) in [7, 11) is 0. The van der Waals surface area contributed by atoms with Crippen LogP contribution in [0.5, 0.6) is 0 Å². The van der Waals surface area contributed by atoms with E-state index in [1.165, 1.54) is 0 Å². The summed E-state index contributed by atoms with van der Waals surface area (Å²) in [5.41, 5.74) is 1.04. The summed E-state index contributed by atoms with van der Waals surface area (Å²) < 4.78 is 0. The molecule has 0 N–H and O–H groups in total. The predicted octanol–water partition coefficient (Wildman–Crippen LogP) is 3.03. The highest BCUT2D eigenvalue weighted by molar-refractivity contribution is 9.11. The minimum atomic E-state index is 0.884. The van der Waals surface area contributed by atoms with Crippen LogP contribution in [0.15, 0.2) is 35.9 Å². The van der Waals surface area contributed by atoms with Crippen LogP contribution in [0.25, 0.3) is 0 Å². The first-order chi connectivity index (χ1) is 3.81. The fraction of sp³-hybridized carbons (Fsp3) is 0.143. The SMILES string of the molecule is C=CC(=C)CC=CBr. The molecule has 0 saturated carbocycles. The fourth-order valence-electron chi connectivity index (χ4n) is 0.279. The third-order valence-corrected chi connectivity index (χ3v) is 1.13. The van der Waals surface area contributed by atoms with Gasteiger partial charge in [0.15, 0.2) is 0 Å². The van der Waals surface area contributed by atoms with Gasteiger partial charge in [-0.2, -0.15) is 0 Å². The van der Waals surface area contributed by atoms with Crippen LogP contribution in [0.2, 0.25) is 0 Å². The molecule has 0 aromatic heterocycles. The third kappa shape index (κ3) is 3.88.